The Balaban J connectivity index is 1.95. The molecule has 1 fully saturated rings. The molecule has 0 saturated carbocycles. The fourth-order valence-electron chi connectivity index (χ4n) is 1.36. The summed E-state index contributed by atoms with van der Waals surface area (Å²) in [6, 6.07) is -0.492. The Labute approximate surface area is 78.0 Å². The number of hydrogen-bond acceptors (Lipinski definition) is 3. The normalized spacial score (nSPS) is 18.5. The smallest absolute Gasteiger partial charge is 0.312 e. The molecule has 13 heavy (non-hydrogen) atoms. The van der Waals surface area contributed by atoms with Crippen LogP contribution in [0.4, 0.5) is 4.79 Å². The van der Waals surface area contributed by atoms with E-state index in [0.29, 0.717) is 19.3 Å². The summed E-state index contributed by atoms with van der Waals surface area (Å²) in [6.45, 7) is 3.09. The van der Waals surface area contributed by atoms with Crippen LogP contribution in [0.1, 0.15) is 12.8 Å². The number of hydrogen-bond donors (Lipinski definition) is 3. The summed E-state index contributed by atoms with van der Waals surface area (Å²) in [6.07, 6.45) is 2.45. The summed E-state index contributed by atoms with van der Waals surface area (Å²) in [5.74, 6) is 0. The molecule has 2 amide bonds. The molecule has 1 rings (SSSR count). The van der Waals surface area contributed by atoms with Gasteiger partial charge in [0.2, 0.25) is 0 Å². The number of rotatable bonds is 4. The monoisotopic (exact) mass is 187 g/mol. The molecule has 0 radical (unpaired) electrons. The second kappa shape index (κ2) is 5.77. The minimum atomic E-state index is -0.492. The van der Waals surface area contributed by atoms with Gasteiger partial charge in [-0.25, -0.2) is 4.79 Å². The largest absolute Gasteiger partial charge is 0.376 e. The van der Waals surface area contributed by atoms with E-state index < -0.39 is 6.03 Å². The first kappa shape index (κ1) is 10.3. The average Bonchev–Trinajstić information content (AvgIpc) is 2.14. The highest BCUT2D eigenvalue weighted by Gasteiger charge is 2.12. The van der Waals surface area contributed by atoms with Gasteiger partial charge in [-0.2, -0.15) is 0 Å². The quantitative estimate of drug-likeness (QED) is 0.515. The van der Waals surface area contributed by atoms with Gasteiger partial charge in [-0.3, -0.25) is 0 Å². The minimum absolute atomic E-state index is 0.343. The van der Waals surface area contributed by atoms with Crippen molar-refractivity contribution in [1.82, 2.24) is 10.6 Å². The molecule has 1 saturated heterocycles. The van der Waals surface area contributed by atoms with Crippen LogP contribution in [-0.4, -0.2) is 38.4 Å². The lowest BCUT2D eigenvalue weighted by molar-refractivity contribution is 0.0358. The highest BCUT2D eigenvalue weighted by Crippen LogP contribution is 2.05. The number of primary amides is 1. The van der Waals surface area contributed by atoms with Crippen molar-refractivity contribution < 1.29 is 9.53 Å². The molecule has 1 aliphatic rings. The van der Waals surface area contributed by atoms with Gasteiger partial charge in [-0.1, -0.05) is 0 Å². The van der Waals surface area contributed by atoms with Gasteiger partial charge in [0.25, 0.3) is 0 Å². The second-order valence-corrected chi connectivity index (χ2v) is 3.11. The van der Waals surface area contributed by atoms with E-state index in [0.717, 1.165) is 25.9 Å². The number of nitrogens with one attached hydrogen (secondary N) is 2. The van der Waals surface area contributed by atoms with E-state index >= 15 is 0 Å². The highest BCUT2D eigenvalue weighted by molar-refractivity contribution is 5.71. The van der Waals surface area contributed by atoms with Crippen LogP contribution in [-0.2, 0) is 4.74 Å². The Bertz CT molecular complexity index is 157. The van der Waals surface area contributed by atoms with E-state index in [1.807, 2.05) is 0 Å². The maximum Gasteiger partial charge on any atom is 0.312 e. The minimum Gasteiger partial charge on any atom is -0.376 e. The summed E-state index contributed by atoms with van der Waals surface area (Å²) in [5, 5.41) is 5.74. The number of nitrogens with two attached hydrogens (primary N) is 1. The molecular formula is C8H17N3O2. The zero-order valence-corrected chi connectivity index (χ0v) is 7.71. The molecule has 1 heterocycles. The van der Waals surface area contributed by atoms with Crippen LogP contribution < -0.4 is 16.4 Å². The first-order valence-corrected chi connectivity index (χ1v) is 4.64. The Morgan fingerprint density at radius 1 is 1.54 bits per heavy atom. The van der Waals surface area contributed by atoms with Crippen LogP contribution in [0.15, 0.2) is 0 Å². The van der Waals surface area contributed by atoms with E-state index in [9.17, 15) is 4.79 Å². The van der Waals surface area contributed by atoms with Crippen molar-refractivity contribution in [3.05, 3.63) is 0 Å². The average molecular weight is 187 g/mol. The number of piperidine rings is 1. The third-order valence-corrected chi connectivity index (χ3v) is 2.04. The molecule has 0 aromatic rings. The van der Waals surface area contributed by atoms with Crippen molar-refractivity contribution in [2.75, 3.05) is 26.2 Å². The van der Waals surface area contributed by atoms with Gasteiger partial charge in [-0.15, -0.1) is 0 Å². The molecule has 0 spiro atoms. The third kappa shape index (κ3) is 4.69. The molecule has 0 atom stereocenters. The Kier molecular flexibility index (Phi) is 4.56. The first-order chi connectivity index (χ1) is 6.29. The van der Waals surface area contributed by atoms with Crippen LogP contribution in [0.2, 0.25) is 0 Å². The lowest BCUT2D eigenvalue weighted by Crippen LogP contribution is -2.36. The van der Waals surface area contributed by atoms with Crippen LogP contribution in [0, 0.1) is 0 Å². The fraction of sp³-hybridized carbons (Fsp3) is 0.875. The lowest BCUT2D eigenvalue weighted by atomic mass is 10.1. The molecular weight excluding hydrogens is 170 g/mol. The predicted octanol–water partition coefficient (Wildman–Crippen LogP) is -0.577. The van der Waals surface area contributed by atoms with Gasteiger partial charge in [0.1, 0.15) is 0 Å². The highest BCUT2D eigenvalue weighted by atomic mass is 16.5. The Hall–Kier alpha value is -0.810. The Morgan fingerprint density at radius 2 is 2.23 bits per heavy atom. The van der Waals surface area contributed by atoms with Crippen molar-refractivity contribution in [2.24, 2.45) is 5.73 Å². The first-order valence-electron chi connectivity index (χ1n) is 4.64. The third-order valence-electron chi connectivity index (χ3n) is 2.04. The second-order valence-electron chi connectivity index (χ2n) is 3.11. The predicted molar refractivity (Wildman–Crippen MR) is 49.4 cm³/mol. The van der Waals surface area contributed by atoms with E-state index in [4.69, 9.17) is 10.5 Å². The molecule has 0 aromatic heterocycles. The van der Waals surface area contributed by atoms with E-state index in [-0.39, 0.29) is 0 Å². The van der Waals surface area contributed by atoms with Gasteiger partial charge in [0, 0.05) is 6.54 Å². The van der Waals surface area contributed by atoms with Crippen LogP contribution >= 0.6 is 0 Å². The van der Waals surface area contributed by atoms with Crippen molar-refractivity contribution >= 4 is 6.03 Å². The number of amides is 2. The fourth-order valence-corrected chi connectivity index (χ4v) is 1.36. The van der Waals surface area contributed by atoms with Crippen LogP contribution in [0.25, 0.3) is 0 Å². The maximum atomic E-state index is 10.3. The number of carbonyl (C=O) groups excluding carboxylic acids is 1. The van der Waals surface area contributed by atoms with Gasteiger partial charge >= 0.3 is 6.03 Å². The van der Waals surface area contributed by atoms with Crippen LogP contribution in [0.3, 0.4) is 0 Å². The zero-order valence-electron chi connectivity index (χ0n) is 7.71. The zero-order chi connectivity index (χ0) is 9.52. The number of carbonyl (C=O) groups is 1. The van der Waals surface area contributed by atoms with Crippen molar-refractivity contribution in [3.63, 3.8) is 0 Å². The summed E-state index contributed by atoms with van der Waals surface area (Å²) in [4.78, 5) is 10.3. The summed E-state index contributed by atoms with van der Waals surface area (Å²) in [5.41, 5.74) is 4.90. The van der Waals surface area contributed by atoms with E-state index in [1.54, 1.807) is 0 Å². The molecule has 0 aliphatic carbocycles. The topological polar surface area (TPSA) is 76.4 Å². The number of ether oxygens (including phenoxy) is 1. The SMILES string of the molecule is NC(=O)NCCOC1CCNCC1. The van der Waals surface area contributed by atoms with Gasteiger partial charge in [0.15, 0.2) is 0 Å². The molecule has 76 valence electrons. The van der Waals surface area contributed by atoms with Gasteiger partial charge in [-0.05, 0) is 25.9 Å². The standard InChI is InChI=1S/C8H17N3O2/c9-8(12)11-5-6-13-7-1-3-10-4-2-7/h7,10H,1-6H2,(H3,9,11,12). The molecule has 1 aliphatic heterocycles. The van der Waals surface area contributed by atoms with Crippen molar-refractivity contribution in [2.45, 2.75) is 18.9 Å². The molecule has 5 heteroatoms. The summed E-state index contributed by atoms with van der Waals surface area (Å²) >= 11 is 0. The van der Waals surface area contributed by atoms with Gasteiger partial charge < -0.3 is 21.1 Å². The maximum absolute atomic E-state index is 10.3. The summed E-state index contributed by atoms with van der Waals surface area (Å²) in [7, 11) is 0. The molecule has 0 bridgehead atoms. The Morgan fingerprint density at radius 3 is 2.85 bits per heavy atom. The number of urea groups is 1. The van der Waals surface area contributed by atoms with Crippen molar-refractivity contribution in [1.29, 1.82) is 0 Å². The van der Waals surface area contributed by atoms with E-state index in [2.05, 4.69) is 10.6 Å². The van der Waals surface area contributed by atoms with E-state index in [1.165, 1.54) is 0 Å². The van der Waals surface area contributed by atoms with Crippen molar-refractivity contribution in [3.8, 4) is 0 Å². The van der Waals surface area contributed by atoms with Gasteiger partial charge in [0.05, 0.1) is 12.7 Å². The summed E-state index contributed by atoms with van der Waals surface area (Å²) < 4.78 is 5.52. The van der Waals surface area contributed by atoms with Crippen LogP contribution in [0.5, 0.6) is 0 Å². The molecule has 0 aromatic carbocycles. The lowest BCUT2D eigenvalue weighted by Gasteiger charge is -2.22. The molecule has 5 nitrogen and oxygen atoms in total. The molecule has 4 N–H and O–H groups in total. The molecule has 0 unspecified atom stereocenters.